The molecule has 1 saturated heterocycles. The number of aliphatic hydroxyl groups is 1. The summed E-state index contributed by atoms with van der Waals surface area (Å²) < 4.78 is 0. The number of carbonyl (C=O) groups is 1. The van der Waals surface area contributed by atoms with Gasteiger partial charge in [-0.15, -0.1) is 0 Å². The zero-order valence-electron chi connectivity index (χ0n) is 10.3. The van der Waals surface area contributed by atoms with Gasteiger partial charge in [0.1, 0.15) is 6.04 Å². The van der Waals surface area contributed by atoms with Crippen LogP contribution in [-0.2, 0) is 11.4 Å². The third kappa shape index (κ3) is 2.44. The molecule has 18 heavy (non-hydrogen) atoms. The molecule has 0 spiro atoms. The zero-order valence-corrected chi connectivity index (χ0v) is 11.1. The zero-order chi connectivity index (χ0) is 13.1. The predicted molar refractivity (Wildman–Crippen MR) is 71.8 cm³/mol. The van der Waals surface area contributed by atoms with Crippen LogP contribution in [0, 0.1) is 0 Å². The fraction of sp³-hybridized carbons (Fsp3) is 0.462. The van der Waals surface area contributed by atoms with Crippen molar-refractivity contribution in [1.29, 1.82) is 0 Å². The van der Waals surface area contributed by atoms with Crippen LogP contribution in [0.15, 0.2) is 18.2 Å². The number of benzene rings is 1. The number of hydrogen-bond donors (Lipinski definition) is 2. The van der Waals surface area contributed by atoms with Crippen LogP contribution < -0.4 is 10.2 Å². The molecule has 1 aliphatic rings. The third-order valence-electron chi connectivity index (χ3n) is 3.24. The molecule has 0 aliphatic carbocycles. The lowest BCUT2D eigenvalue weighted by molar-refractivity contribution is -0.123. The summed E-state index contributed by atoms with van der Waals surface area (Å²) in [5.41, 5.74) is 1.65. The molecule has 0 bridgehead atoms. The van der Waals surface area contributed by atoms with Crippen molar-refractivity contribution in [1.82, 2.24) is 5.32 Å². The van der Waals surface area contributed by atoms with Crippen molar-refractivity contribution in [2.24, 2.45) is 0 Å². The van der Waals surface area contributed by atoms with Crippen molar-refractivity contribution in [3.8, 4) is 0 Å². The van der Waals surface area contributed by atoms with E-state index in [1.807, 2.05) is 17.9 Å². The Morgan fingerprint density at radius 1 is 1.56 bits per heavy atom. The van der Waals surface area contributed by atoms with Crippen molar-refractivity contribution >= 4 is 23.2 Å². The van der Waals surface area contributed by atoms with E-state index in [9.17, 15) is 9.90 Å². The van der Waals surface area contributed by atoms with Crippen LogP contribution in [0.2, 0.25) is 5.02 Å². The monoisotopic (exact) mass is 268 g/mol. The molecule has 5 heteroatoms. The van der Waals surface area contributed by atoms with Crippen molar-refractivity contribution in [2.75, 3.05) is 18.0 Å². The average molecular weight is 269 g/mol. The van der Waals surface area contributed by atoms with Crippen molar-refractivity contribution in [3.63, 3.8) is 0 Å². The summed E-state index contributed by atoms with van der Waals surface area (Å²) in [6.45, 7) is 3.28. The first-order valence-corrected chi connectivity index (χ1v) is 6.48. The van der Waals surface area contributed by atoms with Crippen LogP contribution in [0.3, 0.4) is 0 Å². The van der Waals surface area contributed by atoms with Gasteiger partial charge >= 0.3 is 0 Å². The number of hydrogen-bond acceptors (Lipinski definition) is 3. The Balaban J connectivity index is 2.37. The van der Waals surface area contributed by atoms with Gasteiger partial charge in [-0.1, -0.05) is 18.5 Å². The molecule has 2 N–H and O–H groups in total. The number of nitrogens with one attached hydrogen (secondary N) is 1. The van der Waals surface area contributed by atoms with Crippen molar-refractivity contribution < 1.29 is 9.90 Å². The molecule has 1 heterocycles. The van der Waals surface area contributed by atoms with Gasteiger partial charge in [0.25, 0.3) is 0 Å². The van der Waals surface area contributed by atoms with Gasteiger partial charge in [0.2, 0.25) is 5.91 Å². The van der Waals surface area contributed by atoms with Gasteiger partial charge in [0, 0.05) is 29.4 Å². The molecule has 1 aliphatic heterocycles. The molecule has 0 saturated carbocycles. The van der Waals surface area contributed by atoms with E-state index < -0.39 is 0 Å². The number of carbonyl (C=O) groups excluding carboxylic acids is 1. The molecule has 98 valence electrons. The lowest BCUT2D eigenvalue weighted by atomic mass is 10.1. The summed E-state index contributed by atoms with van der Waals surface area (Å²) in [6, 6.07) is 5.23. The maximum absolute atomic E-state index is 11.8. The molecule has 2 rings (SSSR count). The number of piperazine rings is 1. The van der Waals surface area contributed by atoms with Crippen LogP contribution in [0.25, 0.3) is 0 Å². The van der Waals surface area contributed by atoms with Crippen molar-refractivity contribution in [3.05, 3.63) is 28.8 Å². The van der Waals surface area contributed by atoms with Gasteiger partial charge in [0.05, 0.1) is 6.61 Å². The van der Waals surface area contributed by atoms with E-state index in [1.54, 1.807) is 12.1 Å². The Hall–Kier alpha value is -1.26. The molecule has 4 nitrogen and oxygen atoms in total. The molecule has 1 atom stereocenters. The van der Waals surface area contributed by atoms with Gasteiger partial charge in [-0.05, 0) is 24.6 Å². The van der Waals surface area contributed by atoms with E-state index in [0.717, 1.165) is 24.2 Å². The Labute approximate surface area is 112 Å². The van der Waals surface area contributed by atoms with Crippen LogP contribution >= 0.6 is 11.6 Å². The van der Waals surface area contributed by atoms with E-state index in [1.165, 1.54) is 0 Å². The smallest absolute Gasteiger partial charge is 0.242 e. The van der Waals surface area contributed by atoms with E-state index >= 15 is 0 Å². The number of halogens is 1. The second kappa shape index (κ2) is 5.59. The highest BCUT2D eigenvalue weighted by Crippen LogP contribution is 2.27. The van der Waals surface area contributed by atoms with E-state index in [4.69, 9.17) is 11.6 Å². The molecule has 1 aromatic rings. The molecular weight excluding hydrogens is 252 g/mol. The number of nitrogens with zero attached hydrogens (tertiary/aromatic N) is 1. The maximum Gasteiger partial charge on any atom is 0.242 e. The molecule has 1 amide bonds. The summed E-state index contributed by atoms with van der Waals surface area (Å²) in [5, 5.41) is 12.9. The second-order valence-electron chi connectivity index (χ2n) is 4.34. The third-order valence-corrected chi connectivity index (χ3v) is 3.47. The summed E-state index contributed by atoms with van der Waals surface area (Å²) in [6.07, 6.45) is 0.735. The van der Waals surface area contributed by atoms with Crippen molar-refractivity contribution in [2.45, 2.75) is 26.0 Å². The summed E-state index contributed by atoms with van der Waals surface area (Å²) in [7, 11) is 0. The first kappa shape index (κ1) is 13.2. The van der Waals surface area contributed by atoms with Crippen LogP contribution in [0.5, 0.6) is 0 Å². The fourth-order valence-corrected chi connectivity index (χ4v) is 2.56. The SMILES string of the molecule is CCC1C(=O)NCCN1c1ccc(Cl)cc1CO. The number of aliphatic hydroxyl groups excluding tert-OH is 1. The first-order valence-electron chi connectivity index (χ1n) is 6.11. The summed E-state index contributed by atoms with van der Waals surface area (Å²) >= 11 is 5.92. The van der Waals surface area contributed by atoms with E-state index in [2.05, 4.69) is 5.32 Å². The van der Waals surface area contributed by atoms with Crippen LogP contribution in [0.1, 0.15) is 18.9 Å². The quantitative estimate of drug-likeness (QED) is 0.875. The number of rotatable bonds is 3. The summed E-state index contributed by atoms with van der Waals surface area (Å²) in [5.74, 6) is 0.0441. The van der Waals surface area contributed by atoms with Gasteiger partial charge in [-0.3, -0.25) is 4.79 Å². The first-order chi connectivity index (χ1) is 8.67. The summed E-state index contributed by atoms with van der Waals surface area (Å²) in [4.78, 5) is 13.9. The minimum atomic E-state index is -0.176. The van der Waals surface area contributed by atoms with Crippen LogP contribution in [0.4, 0.5) is 5.69 Å². The Bertz CT molecular complexity index is 451. The molecule has 0 radical (unpaired) electrons. The lowest BCUT2D eigenvalue weighted by Gasteiger charge is -2.37. The standard InChI is InChI=1S/C13H17ClN2O2/c1-2-11-13(18)15-5-6-16(11)12-4-3-10(14)7-9(12)8-17/h3-4,7,11,17H,2,5-6,8H2,1H3,(H,15,18). The minimum absolute atomic E-state index is 0.0441. The second-order valence-corrected chi connectivity index (χ2v) is 4.78. The van der Waals surface area contributed by atoms with E-state index in [0.29, 0.717) is 11.6 Å². The molecule has 1 unspecified atom stereocenters. The normalized spacial score (nSPS) is 19.8. The van der Waals surface area contributed by atoms with Gasteiger partial charge in [0.15, 0.2) is 0 Å². The molecule has 1 fully saturated rings. The highest BCUT2D eigenvalue weighted by molar-refractivity contribution is 6.30. The molecular formula is C13H17ClN2O2. The predicted octanol–water partition coefficient (Wildman–Crippen LogP) is 1.55. The van der Waals surface area contributed by atoms with Crippen LogP contribution in [-0.4, -0.2) is 30.1 Å². The fourth-order valence-electron chi connectivity index (χ4n) is 2.37. The maximum atomic E-state index is 11.8. The van der Waals surface area contributed by atoms with Gasteiger partial charge in [-0.25, -0.2) is 0 Å². The largest absolute Gasteiger partial charge is 0.392 e. The Morgan fingerprint density at radius 2 is 2.33 bits per heavy atom. The topological polar surface area (TPSA) is 52.6 Å². The molecule has 1 aromatic carbocycles. The highest BCUT2D eigenvalue weighted by atomic mass is 35.5. The average Bonchev–Trinajstić information content (AvgIpc) is 2.38. The molecule has 0 aromatic heterocycles. The number of amides is 1. The van der Waals surface area contributed by atoms with E-state index in [-0.39, 0.29) is 18.6 Å². The highest BCUT2D eigenvalue weighted by Gasteiger charge is 2.29. The lowest BCUT2D eigenvalue weighted by Crippen LogP contribution is -2.55. The Kier molecular flexibility index (Phi) is 4.09. The van der Waals surface area contributed by atoms with Gasteiger partial charge < -0.3 is 15.3 Å². The Morgan fingerprint density at radius 3 is 3.00 bits per heavy atom. The number of anilines is 1. The minimum Gasteiger partial charge on any atom is -0.392 e. The van der Waals surface area contributed by atoms with Gasteiger partial charge in [-0.2, -0.15) is 0 Å².